The molecule has 0 saturated carbocycles. The number of aromatic nitrogens is 1. The molecule has 0 atom stereocenters. The quantitative estimate of drug-likeness (QED) is 0.721. The van der Waals surface area contributed by atoms with Crippen LogP contribution in [0.15, 0.2) is 48.7 Å². The van der Waals surface area contributed by atoms with E-state index in [1.54, 1.807) is 18.3 Å². The van der Waals surface area contributed by atoms with Crippen LogP contribution in [0.1, 0.15) is 28.8 Å². The van der Waals surface area contributed by atoms with Crippen LogP contribution in [-0.2, 0) is 6.42 Å². The smallest absolute Gasteiger partial charge is 0.255 e. The van der Waals surface area contributed by atoms with Gasteiger partial charge in [0, 0.05) is 31.9 Å². The summed E-state index contributed by atoms with van der Waals surface area (Å²) in [6.45, 7) is 2.63. The van der Waals surface area contributed by atoms with Gasteiger partial charge in [-0.2, -0.15) is 0 Å². The molecule has 140 valence electrons. The van der Waals surface area contributed by atoms with Gasteiger partial charge in [0.15, 0.2) is 0 Å². The van der Waals surface area contributed by atoms with Crippen molar-refractivity contribution in [3.8, 4) is 0 Å². The fourth-order valence-corrected chi connectivity index (χ4v) is 3.44. The molecule has 26 heavy (non-hydrogen) atoms. The maximum atomic E-state index is 12.5. The predicted molar refractivity (Wildman–Crippen MR) is 108 cm³/mol. The average Bonchev–Trinajstić information content (AvgIpc) is 2.67. The average molecular weight is 394 g/mol. The highest BCUT2D eigenvalue weighted by Gasteiger charge is 2.25. The Labute approximate surface area is 166 Å². The molecule has 1 saturated heterocycles. The van der Waals surface area contributed by atoms with Crippen LogP contribution in [0.5, 0.6) is 0 Å². The van der Waals surface area contributed by atoms with Gasteiger partial charge in [0.25, 0.3) is 5.91 Å². The molecule has 2 aromatic rings. The lowest BCUT2D eigenvalue weighted by atomic mass is 10.0. The Morgan fingerprint density at radius 1 is 1.19 bits per heavy atom. The third kappa shape index (κ3) is 5.44. The van der Waals surface area contributed by atoms with Gasteiger partial charge in [0.1, 0.15) is 5.15 Å². The molecule has 6 heteroatoms. The first-order valence-corrected chi connectivity index (χ1v) is 9.16. The highest BCUT2D eigenvalue weighted by molar-refractivity contribution is 6.29. The fraction of sp³-hybridized carbons (Fsp3) is 0.400. The normalized spacial score (nSPS) is 15.0. The Balaban J connectivity index is 0.00000243. The molecule has 1 aromatic carbocycles. The monoisotopic (exact) mass is 393 g/mol. The van der Waals surface area contributed by atoms with Gasteiger partial charge in [-0.15, -0.1) is 12.4 Å². The molecule has 4 nitrogen and oxygen atoms in total. The second kappa shape index (κ2) is 9.91. The molecule has 0 bridgehead atoms. The number of amides is 1. The Hall–Kier alpha value is -1.62. The minimum atomic E-state index is 0. The van der Waals surface area contributed by atoms with Crippen molar-refractivity contribution in [1.82, 2.24) is 14.8 Å². The minimum Gasteiger partial charge on any atom is -0.338 e. The molecular formula is C20H25Cl2N3O. The van der Waals surface area contributed by atoms with Crippen LogP contribution in [0.25, 0.3) is 0 Å². The van der Waals surface area contributed by atoms with Crippen molar-refractivity contribution in [3.05, 3.63) is 64.9 Å². The SMILES string of the molecule is CN(CCc1ccccc1)C1CCN(C(=O)c2ccc(Cl)nc2)CC1.Cl. The topological polar surface area (TPSA) is 36.4 Å². The van der Waals surface area contributed by atoms with Crippen molar-refractivity contribution in [2.75, 3.05) is 26.7 Å². The van der Waals surface area contributed by atoms with Crippen LogP contribution in [0.3, 0.4) is 0 Å². The zero-order valence-electron chi connectivity index (χ0n) is 15.0. The highest BCUT2D eigenvalue weighted by Crippen LogP contribution is 2.18. The van der Waals surface area contributed by atoms with E-state index in [1.165, 1.54) is 5.56 Å². The fourth-order valence-electron chi connectivity index (χ4n) is 3.33. The van der Waals surface area contributed by atoms with Gasteiger partial charge in [0.2, 0.25) is 0 Å². The van der Waals surface area contributed by atoms with Crippen LogP contribution >= 0.6 is 24.0 Å². The molecule has 1 aromatic heterocycles. The van der Waals surface area contributed by atoms with Gasteiger partial charge in [-0.25, -0.2) is 4.98 Å². The summed E-state index contributed by atoms with van der Waals surface area (Å²) in [5.74, 6) is 0.0505. The summed E-state index contributed by atoms with van der Waals surface area (Å²) in [5, 5.41) is 0.412. The van der Waals surface area contributed by atoms with E-state index in [2.05, 4.69) is 47.3 Å². The van der Waals surface area contributed by atoms with Crippen LogP contribution in [0.4, 0.5) is 0 Å². The number of pyridine rings is 1. The van der Waals surface area contributed by atoms with Gasteiger partial charge in [0.05, 0.1) is 5.56 Å². The van der Waals surface area contributed by atoms with E-state index in [0.717, 1.165) is 38.9 Å². The van der Waals surface area contributed by atoms with E-state index in [1.807, 2.05) is 4.90 Å². The third-order valence-electron chi connectivity index (χ3n) is 4.95. The van der Waals surface area contributed by atoms with Crippen molar-refractivity contribution in [2.24, 2.45) is 0 Å². The zero-order chi connectivity index (χ0) is 17.6. The van der Waals surface area contributed by atoms with Crippen molar-refractivity contribution < 1.29 is 4.79 Å². The summed E-state index contributed by atoms with van der Waals surface area (Å²) >= 11 is 5.79. The first-order chi connectivity index (χ1) is 12.1. The summed E-state index contributed by atoms with van der Waals surface area (Å²) in [7, 11) is 2.19. The van der Waals surface area contributed by atoms with Crippen LogP contribution in [-0.4, -0.2) is 53.4 Å². The van der Waals surface area contributed by atoms with Crippen molar-refractivity contribution in [1.29, 1.82) is 0 Å². The Morgan fingerprint density at radius 2 is 1.88 bits per heavy atom. The first-order valence-electron chi connectivity index (χ1n) is 8.78. The van der Waals surface area contributed by atoms with E-state index in [0.29, 0.717) is 16.8 Å². The first kappa shape index (κ1) is 20.7. The largest absolute Gasteiger partial charge is 0.338 e. The number of likely N-dealkylation sites (tertiary alicyclic amines) is 1. The van der Waals surface area contributed by atoms with Gasteiger partial charge < -0.3 is 9.80 Å². The molecule has 3 rings (SSSR count). The third-order valence-corrected chi connectivity index (χ3v) is 5.17. The Kier molecular flexibility index (Phi) is 7.88. The van der Waals surface area contributed by atoms with Crippen molar-refractivity contribution >= 4 is 29.9 Å². The molecule has 0 radical (unpaired) electrons. The molecule has 1 fully saturated rings. The molecule has 1 aliphatic rings. The standard InChI is InChI=1S/C20H24ClN3O.ClH/c1-23(12-9-16-5-3-2-4-6-16)18-10-13-24(14-11-18)20(25)17-7-8-19(21)22-15-17;/h2-8,15,18H,9-14H2,1H3;1H. The molecule has 0 N–H and O–H groups in total. The van der Waals surface area contributed by atoms with Crippen LogP contribution in [0.2, 0.25) is 5.15 Å². The van der Waals surface area contributed by atoms with E-state index in [4.69, 9.17) is 11.6 Å². The van der Waals surface area contributed by atoms with Crippen molar-refractivity contribution in [3.63, 3.8) is 0 Å². The molecule has 2 heterocycles. The number of rotatable bonds is 5. The molecular weight excluding hydrogens is 369 g/mol. The number of hydrogen-bond acceptors (Lipinski definition) is 3. The highest BCUT2D eigenvalue weighted by atomic mass is 35.5. The number of piperidine rings is 1. The number of hydrogen-bond donors (Lipinski definition) is 0. The number of carbonyl (C=O) groups is 1. The number of nitrogens with zero attached hydrogens (tertiary/aromatic N) is 3. The van der Waals surface area contributed by atoms with E-state index < -0.39 is 0 Å². The molecule has 0 spiro atoms. The van der Waals surface area contributed by atoms with E-state index in [-0.39, 0.29) is 18.3 Å². The lowest BCUT2D eigenvalue weighted by Gasteiger charge is -2.36. The Morgan fingerprint density at radius 3 is 2.50 bits per heavy atom. The summed E-state index contributed by atoms with van der Waals surface area (Å²) in [6, 6.07) is 14.5. The summed E-state index contributed by atoms with van der Waals surface area (Å²) < 4.78 is 0. The number of benzene rings is 1. The maximum Gasteiger partial charge on any atom is 0.255 e. The van der Waals surface area contributed by atoms with E-state index in [9.17, 15) is 4.79 Å². The summed E-state index contributed by atoms with van der Waals surface area (Å²) in [5.41, 5.74) is 1.98. The second-order valence-corrected chi connectivity index (χ2v) is 7.00. The lowest BCUT2D eigenvalue weighted by Crippen LogP contribution is -2.46. The van der Waals surface area contributed by atoms with Gasteiger partial charge in [-0.1, -0.05) is 41.9 Å². The van der Waals surface area contributed by atoms with Gasteiger partial charge >= 0.3 is 0 Å². The second-order valence-electron chi connectivity index (χ2n) is 6.61. The number of likely N-dealkylation sites (N-methyl/N-ethyl adjacent to an activating group) is 1. The van der Waals surface area contributed by atoms with Gasteiger partial charge in [-0.05, 0) is 44.0 Å². The van der Waals surface area contributed by atoms with E-state index >= 15 is 0 Å². The zero-order valence-corrected chi connectivity index (χ0v) is 16.5. The van der Waals surface area contributed by atoms with Crippen LogP contribution in [0, 0.1) is 0 Å². The van der Waals surface area contributed by atoms with Gasteiger partial charge in [-0.3, -0.25) is 4.79 Å². The number of carbonyl (C=O) groups excluding carboxylic acids is 1. The summed E-state index contributed by atoms with van der Waals surface area (Å²) in [4.78, 5) is 20.9. The van der Waals surface area contributed by atoms with Crippen LogP contribution < -0.4 is 0 Å². The Bertz CT molecular complexity index is 686. The van der Waals surface area contributed by atoms with Crippen molar-refractivity contribution in [2.45, 2.75) is 25.3 Å². The molecule has 0 unspecified atom stereocenters. The maximum absolute atomic E-state index is 12.5. The molecule has 1 amide bonds. The molecule has 1 aliphatic heterocycles. The lowest BCUT2D eigenvalue weighted by molar-refractivity contribution is 0.0646. The minimum absolute atomic E-state index is 0. The number of halogens is 2. The summed E-state index contributed by atoms with van der Waals surface area (Å²) in [6.07, 6.45) is 4.64. The molecule has 0 aliphatic carbocycles. The predicted octanol–water partition coefficient (Wildman–Crippen LogP) is 3.94.